The quantitative estimate of drug-likeness (QED) is 0.585. The Morgan fingerprint density at radius 1 is 1.60 bits per heavy atom. The van der Waals surface area contributed by atoms with E-state index in [2.05, 4.69) is 5.32 Å². The Balaban J connectivity index is 1.89. The summed E-state index contributed by atoms with van der Waals surface area (Å²) in [7, 11) is 0. The molecule has 0 radical (unpaired) electrons. The van der Waals surface area contributed by atoms with Gasteiger partial charge >= 0.3 is 0 Å². The summed E-state index contributed by atoms with van der Waals surface area (Å²) >= 11 is 0. The second kappa shape index (κ2) is 4.47. The fourth-order valence-electron chi connectivity index (χ4n) is 2.14. The largest absolute Gasteiger partial charge is 0.392 e. The number of carbonyl (C=O) groups excluding carboxylic acids is 1. The van der Waals surface area contributed by atoms with E-state index in [4.69, 9.17) is 4.74 Å². The van der Waals surface area contributed by atoms with Crippen LogP contribution in [-0.4, -0.2) is 60.4 Å². The summed E-state index contributed by atoms with van der Waals surface area (Å²) in [4.78, 5) is 13.8. The number of hydrogen-bond donors (Lipinski definition) is 2. The summed E-state index contributed by atoms with van der Waals surface area (Å²) in [6.07, 6.45) is 0.274. The van der Waals surface area contributed by atoms with Crippen LogP contribution in [0.25, 0.3) is 0 Å². The average molecular weight is 214 g/mol. The lowest BCUT2D eigenvalue weighted by Gasteiger charge is -2.32. The maximum Gasteiger partial charge on any atom is 0.239 e. The van der Waals surface area contributed by atoms with Crippen LogP contribution < -0.4 is 5.32 Å². The van der Waals surface area contributed by atoms with E-state index in [1.807, 2.05) is 11.8 Å². The lowest BCUT2D eigenvalue weighted by Crippen LogP contribution is -2.50. The van der Waals surface area contributed by atoms with Gasteiger partial charge in [-0.25, -0.2) is 0 Å². The molecular weight excluding hydrogens is 196 g/mol. The van der Waals surface area contributed by atoms with Crippen molar-refractivity contribution >= 4 is 5.91 Å². The first kappa shape index (κ1) is 10.9. The first-order chi connectivity index (χ1) is 7.16. The molecular formula is C10H18N2O3. The number of rotatable bonds is 1. The third kappa shape index (κ3) is 2.48. The summed E-state index contributed by atoms with van der Waals surface area (Å²) in [5, 5.41) is 12.4. The van der Waals surface area contributed by atoms with Gasteiger partial charge in [-0.15, -0.1) is 0 Å². The standard InChI is InChI=1S/C10H18N2O3/c1-7-6-12(2-3-15-7)10(14)9-4-8(13)5-11-9/h7-9,11,13H,2-6H2,1H3. The van der Waals surface area contributed by atoms with Gasteiger partial charge in [-0.05, 0) is 13.3 Å². The molecule has 0 aromatic carbocycles. The minimum absolute atomic E-state index is 0.0988. The molecule has 0 saturated carbocycles. The van der Waals surface area contributed by atoms with Gasteiger partial charge in [0, 0.05) is 19.6 Å². The van der Waals surface area contributed by atoms with Crippen LogP contribution in [0.4, 0.5) is 0 Å². The molecule has 2 heterocycles. The zero-order valence-corrected chi connectivity index (χ0v) is 8.98. The van der Waals surface area contributed by atoms with Crippen LogP contribution in [0.1, 0.15) is 13.3 Å². The minimum atomic E-state index is -0.377. The van der Waals surface area contributed by atoms with E-state index >= 15 is 0 Å². The van der Waals surface area contributed by atoms with Crippen LogP contribution in [0.15, 0.2) is 0 Å². The first-order valence-corrected chi connectivity index (χ1v) is 5.48. The number of β-amino-alcohol motifs (C(OH)–C–C–N with tert-alkyl or cyclic N) is 1. The van der Waals surface area contributed by atoms with E-state index in [0.29, 0.717) is 32.7 Å². The van der Waals surface area contributed by atoms with Crippen LogP contribution in [0, 0.1) is 0 Å². The fourth-order valence-corrected chi connectivity index (χ4v) is 2.14. The van der Waals surface area contributed by atoms with Gasteiger partial charge in [-0.1, -0.05) is 0 Å². The van der Waals surface area contributed by atoms with E-state index in [0.717, 1.165) is 0 Å². The predicted molar refractivity (Wildman–Crippen MR) is 54.4 cm³/mol. The van der Waals surface area contributed by atoms with Gasteiger partial charge in [-0.3, -0.25) is 4.79 Å². The van der Waals surface area contributed by atoms with Crippen LogP contribution in [0.5, 0.6) is 0 Å². The van der Waals surface area contributed by atoms with Crippen LogP contribution >= 0.6 is 0 Å². The average Bonchev–Trinajstić information content (AvgIpc) is 2.64. The van der Waals surface area contributed by atoms with Gasteiger partial charge in [0.05, 0.1) is 24.9 Å². The van der Waals surface area contributed by atoms with Gasteiger partial charge in [0.1, 0.15) is 0 Å². The van der Waals surface area contributed by atoms with Gasteiger partial charge in [-0.2, -0.15) is 0 Å². The molecule has 2 rings (SSSR count). The SMILES string of the molecule is CC1CN(C(=O)C2CC(O)CN2)CCO1. The van der Waals surface area contributed by atoms with Crippen molar-refractivity contribution in [3.05, 3.63) is 0 Å². The van der Waals surface area contributed by atoms with E-state index in [-0.39, 0.29) is 24.2 Å². The summed E-state index contributed by atoms with van der Waals surface area (Å²) in [6, 6.07) is -0.203. The van der Waals surface area contributed by atoms with Crippen molar-refractivity contribution in [2.75, 3.05) is 26.2 Å². The Labute approximate surface area is 89.4 Å². The molecule has 3 atom stereocenters. The van der Waals surface area contributed by atoms with Gasteiger partial charge in [0.25, 0.3) is 0 Å². The number of aliphatic hydroxyl groups excluding tert-OH is 1. The molecule has 2 aliphatic heterocycles. The maximum atomic E-state index is 12.0. The lowest BCUT2D eigenvalue weighted by atomic mass is 10.1. The van der Waals surface area contributed by atoms with Crippen molar-refractivity contribution in [1.29, 1.82) is 0 Å². The molecule has 3 unspecified atom stereocenters. The predicted octanol–water partition coefficient (Wildman–Crippen LogP) is -1.04. The fraction of sp³-hybridized carbons (Fsp3) is 0.900. The third-order valence-corrected chi connectivity index (χ3v) is 2.96. The van der Waals surface area contributed by atoms with E-state index in [9.17, 15) is 9.90 Å². The molecule has 0 spiro atoms. The lowest BCUT2D eigenvalue weighted by molar-refractivity contribution is -0.140. The zero-order valence-electron chi connectivity index (χ0n) is 8.98. The number of hydrogen-bond acceptors (Lipinski definition) is 4. The van der Waals surface area contributed by atoms with Crippen molar-refractivity contribution in [3.63, 3.8) is 0 Å². The van der Waals surface area contributed by atoms with Gasteiger partial charge < -0.3 is 20.1 Å². The first-order valence-electron chi connectivity index (χ1n) is 5.48. The number of ether oxygens (including phenoxy) is 1. The summed E-state index contributed by atoms with van der Waals surface area (Å²) in [5.41, 5.74) is 0. The molecule has 15 heavy (non-hydrogen) atoms. The second-order valence-corrected chi connectivity index (χ2v) is 4.32. The number of nitrogens with one attached hydrogen (secondary N) is 1. The highest BCUT2D eigenvalue weighted by Gasteiger charge is 2.32. The highest BCUT2D eigenvalue weighted by Crippen LogP contribution is 2.12. The Morgan fingerprint density at radius 3 is 3.00 bits per heavy atom. The number of morpholine rings is 1. The molecule has 2 fully saturated rings. The summed E-state index contributed by atoms with van der Waals surface area (Å²) < 4.78 is 5.38. The number of nitrogens with zero attached hydrogens (tertiary/aromatic N) is 1. The Bertz CT molecular complexity index is 247. The summed E-state index contributed by atoms with van der Waals surface area (Å²) in [5.74, 6) is 0.0988. The molecule has 2 N–H and O–H groups in total. The molecule has 0 aliphatic carbocycles. The minimum Gasteiger partial charge on any atom is -0.392 e. The van der Waals surface area contributed by atoms with E-state index in [1.54, 1.807) is 0 Å². The van der Waals surface area contributed by atoms with Crippen molar-refractivity contribution in [1.82, 2.24) is 10.2 Å². The highest BCUT2D eigenvalue weighted by molar-refractivity contribution is 5.82. The highest BCUT2D eigenvalue weighted by atomic mass is 16.5. The smallest absolute Gasteiger partial charge is 0.239 e. The van der Waals surface area contributed by atoms with Crippen molar-refractivity contribution in [2.24, 2.45) is 0 Å². The van der Waals surface area contributed by atoms with E-state index < -0.39 is 0 Å². The Hall–Kier alpha value is -0.650. The Kier molecular flexibility index (Phi) is 3.23. The van der Waals surface area contributed by atoms with Crippen molar-refractivity contribution in [2.45, 2.75) is 31.6 Å². The summed E-state index contributed by atoms with van der Waals surface area (Å²) in [6.45, 7) is 4.43. The molecule has 5 heteroatoms. The molecule has 86 valence electrons. The van der Waals surface area contributed by atoms with Crippen LogP contribution in [-0.2, 0) is 9.53 Å². The maximum absolute atomic E-state index is 12.0. The Morgan fingerprint density at radius 2 is 2.40 bits per heavy atom. The second-order valence-electron chi connectivity index (χ2n) is 4.32. The van der Waals surface area contributed by atoms with Crippen LogP contribution in [0.3, 0.4) is 0 Å². The topological polar surface area (TPSA) is 61.8 Å². The molecule has 0 bridgehead atoms. The molecule has 0 aromatic heterocycles. The van der Waals surface area contributed by atoms with Gasteiger partial charge in [0.2, 0.25) is 5.91 Å². The monoisotopic (exact) mass is 214 g/mol. The number of aliphatic hydroxyl groups is 1. The molecule has 2 saturated heterocycles. The third-order valence-electron chi connectivity index (χ3n) is 2.96. The van der Waals surface area contributed by atoms with E-state index in [1.165, 1.54) is 0 Å². The zero-order chi connectivity index (χ0) is 10.8. The van der Waals surface area contributed by atoms with Crippen molar-refractivity contribution < 1.29 is 14.6 Å². The number of amides is 1. The molecule has 2 aliphatic rings. The normalized spacial score (nSPS) is 36.9. The molecule has 5 nitrogen and oxygen atoms in total. The molecule has 0 aromatic rings. The van der Waals surface area contributed by atoms with Crippen LogP contribution in [0.2, 0.25) is 0 Å². The molecule has 1 amide bonds. The number of carbonyl (C=O) groups is 1. The van der Waals surface area contributed by atoms with Gasteiger partial charge in [0.15, 0.2) is 0 Å². The van der Waals surface area contributed by atoms with Crippen molar-refractivity contribution in [3.8, 4) is 0 Å².